The van der Waals surface area contributed by atoms with E-state index in [1.165, 1.54) is 4.31 Å². The van der Waals surface area contributed by atoms with Crippen molar-refractivity contribution in [2.24, 2.45) is 7.05 Å². The highest BCUT2D eigenvalue weighted by Crippen LogP contribution is 2.30. The summed E-state index contributed by atoms with van der Waals surface area (Å²) < 4.78 is 27.0. The number of hydrogen-bond donors (Lipinski definition) is 2. The minimum Gasteiger partial charge on any atom is -0.348 e. The number of nitrogens with one attached hydrogen (secondary N) is 1. The van der Waals surface area contributed by atoms with Crippen LogP contribution < -0.4 is 9.62 Å². The predicted octanol–water partition coefficient (Wildman–Crippen LogP) is 2.94. The van der Waals surface area contributed by atoms with Crippen molar-refractivity contribution in [3.8, 4) is 0 Å². The van der Waals surface area contributed by atoms with Crippen LogP contribution >= 0.6 is 0 Å². The smallest absolute Gasteiger partial charge is 0.251 e. The molecule has 1 aromatic heterocycles. The third-order valence-electron chi connectivity index (χ3n) is 4.70. The summed E-state index contributed by atoms with van der Waals surface area (Å²) in [7, 11) is -1.10. The van der Waals surface area contributed by atoms with Crippen LogP contribution in [0.15, 0.2) is 48.7 Å². The first-order chi connectivity index (χ1) is 13.8. The highest BCUT2D eigenvalue weighted by molar-refractivity contribution is 7.74. The summed E-state index contributed by atoms with van der Waals surface area (Å²) in [4.78, 5) is 12.7. The summed E-state index contributed by atoms with van der Waals surface area (Å²) in [6.45, 7) is 5.98. The van der Waals surface area contributed by atoms with Crippen LogP contribution in [0.25, 0.3) is 0 Å². The standard InChI is InChI=1S/C21H24N4O3S/c1-14-5-9-19(10-6-14)25(29(27)28)20-11-17(8-7-15(20)2)21(26)22-12-18-13-24(4)23-16(18)3/h5-11,13,29H,12H2,1-4H3,(H,22,26). The Kier molecular flexibility index (Phi) is 6.03. The molecule has 1 N–H and O–H groups in total. The lowest BCUT2D eigenvalue weighted by Crippen LogP contribution is -2.24. The third-order valence-corrected chi connectivity index (χ3v) is 5.47. The molecule has 0 fully saturated rings. The summed E-state index contributed by atoms with van der Waals surface area (Å²) in [6.07, 6.45) is 1.86. The van der Waals surface area contributed by atoms with Gasteiger partial charge in [-0.3, -0.25) is 9.48 Å². The Morgan fingerprint density at radius 3 is 2.38 bits per heavy atom. The Bertz CT molecular complexity index is 1110. The van der Waals surface area contributed by atoms with Crippen molar-refractivity contribution in [1.82, 2.24) is 15.1 Å². The van der Waals surface area contributed by atoms with Crippen LogP contribution in [-0.2, 0) is 24.5 Å². The van der Waals surface area contributed by atoms with Crippen LogP contribution in [-0.4, -0.2) is 24.1 Å². The summed E-state index contributed by atoms with van der Waals surface area (Å²) in [5.41, 5.74) is 4.94. The molecule has 3 rings (SSSR count). The molecule has 3 aromatic rings. The first-order valence-corrected chi connectivity index (χ1v) is 10.3. The number of anilines is 2. The minimum absolute atomic E-state index is 0.278. The monoisotopic (exact) mass is 412 g/mol. The molecule has 0 aliphatic rings. The Labute approximate surface area is 172 Å². The molecule has 1 amide bonds. The molecule has 8 heteroatoms. The average Bonchev–Trinajstić information content (AvgIpc) is 3.00. The number of aromatic nitrogens is 2. The van der Waals surface area contributed by atoms with Crippen molar-refractivity contribution in [3.05, 3.63) is 76.6 Å². The van der Waals surface area contributed by atoms with Gasteiger partial charge in [-0.25, -0.2) is 12.7 Å². The molecule has 0 bridgehead atoms. The SMILES string of the molecule is Cc1ccc(N(c2cc(C(=O)NCc3cn(C)nc3C)ccc2C)[SH](=O)=O)cc1. The van der Waals surface area contributed by atoms with Gasteiger partial charge < -0.3 is 5.32 Å². The fourth-order valence-corrected chi connectivity index (χ4v) is 3.80. The van der Waals surface area contributed by atoms with E-state index in [1.54, 1.807) is 35.0 Å². The van der Waals surface area contributed by atoms with Gasteiger partial charge in [-0.05, 0) is 50.6 Å². The second-order valence-corrected chi connectivity index (χ2v) is 7.86. The normalized spacial score (nSPS) is 10.9. The molecule has 0 saturated heterocycles. The van der Waals surface area contributed by atoms with Gasteiger partial charge >= 0.3 is 0 Å². The summed E-state index contributed by atoms with van der Waals surface area (Å²) in [6, 6.07) is 12.2. The zero-order valence-electron chi connectivity index (χ0n) is 16.8. The van der Waals surface area contributed by atoms with E-state index in [4.69, 9.17) is 0 Å². The number of nitrogens with zero attached hydrogens (tertiary/aromatic N) is 3. The second-order valence-electron chi connectivity index (χ2n) is 6.98. The fraction of sp³-hybridized carbons (Fsp3) is 0.238. The first-order valence-electron chi connectivity index (χ1n) is 9.15. The van der Waals surface area contributed by atoms with Crippen LogP contribution in [0.4, 0.5) is 11.4 Å². The average molecular weight is 413 g/mol. The molecule has 0 saturated carbocycles. The molecule has 0 aliphatic heterocycles. The van der Waals surface area contributed by atoms with Crippen molar-refractivity contribution in [1.29, 1.82) is 0 Å². The Morgan fingerprint density at radius 1 is 1.10 bits per heavy atom. The van der Waals surface area contributed by atoms with E-state index >= 15 is 0 Å². The predicted molar refractivity (Wildman–Crippen MR) is 114 cm³/mol. The highest BCUT2D eigenvalue weighted by atomic mass is 32.2. The number of amides is 1. The van der Waals surface area contributed by atoms with Crippen molar-refractivity contribution in [2.75, 3.05) is 4.31 Å². The molecule has 0 radical (unpaired) electrons. The summed E-state index contributed by atoms with van der Waals surface area (Å²) in [5, 5.41) is 7.13. The van der Waals surface area contributed by atoms with Gasteiger partial charge in [0.25, 0.3) is 5.91 Å². The zero-order chi connectivity index (χ0) is 21.1. The number of thiol groups is 1. The largest absolute Gasteiger partial charge is 0.348 e. The molecule has 2 aromatic carbocycles. The Hall–Kier alpha value is -3.13. The number of hydrogen-bond acceptors (Lipinski definition) is 4. The molecule has 152 valence electrons. The lowest BCUT2D eigenvalue weighted by Gasteiger charge is -2.21. The van der Waals surface area contributed by atoms with E-state index in [9.17, 15) is 13.2 Å². The number of carbonyl (C=O) groups excluding carboxylic acids is 1. The molecule has 0 atom stereocenters. The number of aryl methyl sites for hydroxylation is 4. The lowest BCUT2D eigenvalue weighted by atomic mass is 10.1. The van der Waals surface area contributed by atoms with Crippen molar-refractivity contribution in [3.63, 3.8) is 0 Å². The van der Waals surface area contributed by atoms with Crippen LogP contribution in [0.5, 0.6) is 0 Å². The van der Waals surface area contributed by atoms with E-state index < -0.39 is 10.9 Å². The van der Waals surface area contributed by atoms with Gasteiger partial charge in [0.2, 0.25) is 10.9 Å². The van der Waals surface area contributed by atoms with Crippen molar-refractivity contribution in [2.45, 2.75) is 27.3 Å². The molecule has 0 spiro atoms. The van der Waals surface area contributed by atoms with Gasteiger partial charge in [0.15, 0.2) is 0 Å². The van der Waals surface area contributed by atoms with E-state index in [-0.39, 0.29) is 5.91 Å². The Morgan fingerprint density at radius 2 is 1.79 bits per heavy atom. The maximum absolute atomic E-state index is 12.7. The molecule has 0 aliphatic carbocycles. The Balaban J connectivity index is 1.88. The number of benzene rings is 2. The van der Waals surface area contributed by atoms with Gasteiger partial charge in [-0.1, -0.05) is 23.8 Å². The molecular formula is C21H24N4O3S. The van der Waals surface area contributed by atoms with E-state index in [2.05, 4.69) is 10.4 Å². The van der Waals surface area contributed by atoms with E-state index in [1.807, 2.05) is 46.1 Å². The van der Waals surface area contributed by atoms with E-state index in [0.29, 0.717) is 23.5 Å². The maximum atomic E-state index is 12.7. The van der Waals surface area contributed by atoms with Gasteiger partial charge in [0.05, 0.1) is 17.1 Å². The first kappa shape index (κ1) is 20.6. The van der Waals surface area contributed by atoms with Gasteiger partial charge in [0.1, 0.15) is 0 Å². The molecule has 1 heterocycles. The van der Waals surface area contributed by atoms with E-state index in [0.717, 1.165) is 22.4 Å². The number of rotatable bonds is 6. The van der Waals surface area contributed by atoms with Gasteiger partial charge in [-0.15, -0.1) is 0 Å². The molecule has 29 heavy (non-hydrogen) atoms. The topological polar surface area (TPSA) is 84.3 Å². The van der Waals surface area contributed by atoms with Crippen LogP contribution in [0, 0.1) is 20.8 Å². The summed E-state index contributed by atoms with van der Waals surface area (Å²) in [5.74, 6) is -0.278. The molecule has 0 unspecified atom stereocenters. The van der Waals surface area contributed by atoms with Crippen molar-refractivity contribution >= 4 is 28.2 Å². The fourth-order valence-electron chi connectivity index (χ4n) is 3.09. The third kappa shape index (κ3) is 4.65. The van der Waals surface area contributed by atoms with Crippen LogP contribution in [0.3, 0.4) is 0 Å². The van der Waals surface area contributed by atoms with Crippen molar-refractivity contribution < 1.29 is 13.2 Å². The van der Waals surface area contributed by atoms with Crippen LogP contribution in [0.1, 0.15) is 32.7 Å². The second kappa shape index (κ2) is 8.48. The highest BCUT2D eigenvalue weighted by Gasteiger charge is 2.17. The number of carbonyl (C=O) groups is 1. The van der Waals surface area contributed by atoms with Gasteiger partial charge in [0, 0.05) is 30.9 Å². The zero-order valence-corrected chi connectivity index (χ0v) is 17.7. The molecular weight excluding hydrogens is 388 g/mol. The quantitative estimate of drug-likeness (QED) is 0.610. The maximum Gasteiger partial charge on any atom is 0.251 e. The minimum atomic E-state index is -2.93. The molecule has 7 nitrogen and oxygen atoms in total. The van der Waals surface area contributed by atoms with Gasteiger partial charge in [-0.2, -0.15) is 5.10 Å². The van der Waals surface area contributed by atoms with Crippen LogP contribution in [0.2, 0.25) is 0 Å². The lowest BCUT2D eigenvalue weighted by molar-refractivity contribution is 0.0951. The summed E-state index contributed by atoms with van der Waals surface area (Å²) >= 11 is 0.